The summed E-state index contributed by atoms with van der Waals surface area (Å²) in [7, 11) is 0. The molecule has 0 unspecified atom stereocenters. The summed E-state index contributed by atoms with van der Waals surface area (Å²) in [5.74, 6) is -0.148. The van der Waals surface area contributed by atoms with E-state index >= 15 is 0 Å². The number of carbonyl (C=O) groups is 1. The van der Waals surface area contributed by atoms with E-state index in [0.717, 1.165) is 5.57 Å². The second-order valence-corrected chi connectivity index (χ2v) is 5.86. The topological polar surface area (TPSA) is 70.1 Å². The predicted molar refractivity (Wildman–Crippen MR) is 69.3 cm³/mol. The van der Waals surface area contributed by atoms with Crippen LogP contribution in [0.15, 0.2) is 36.0 Å². The molecule has 2 N–H and O–H groups in total. The first kappa shape index (κ1) is 12.8. The Labute approximate surface area is 112 Å². The van der Waals surface area contributed by atoms with Crippen LogP contribution in [0, 0.1) is 11.3 Å². The zero-order valence-electron chi connectivity index (χ0n) is 11.1. The smallest absolute Gasteiger partial charge is 0.159 e. The van der Waals surface area contributed by atoms with E-state index in [9.17, 15) is 15.0 Å². The molecule has 1 fully saturated rings. The number of fused-ring (bicyclic) bond motifs is 3. The minimum absolute atomic E-state index is 0.0649. The maximum Gasteiger partial charge on any atom is 0.159 e. The summed E-state index contributed by atoms with van der Waals surface area (Å²) >= 11 is 0. The molecule has 0 radical (unpaired) electrons. The third kappa shape index (κ3) is 1.31. The molecule has 0 aromatic heterocycles. The average Bonchev–Trinajstić information content (AvgIpc) is 3.15. The highest BCUT2D eigenvalue weighted by molar-refractivity contribution is 5.95. The van der Waals surface area contributed by atoms with Gasteiger partial charge in [0.2, 0.25) is 0 Å². The molecule has 0 bridgehead atoms. The fourth-order valence-electron chi connectivity index (χ4n) is 3.50. The van der Waals surface area contributed by atoms with Crippen molar-refractivity contribution in [2.24, 2.45) is 11.3 Å². The number of carbonyl (C=O) groups excluding carboxylic acids is 1. The molecule has 4 heteroatoms. The molecule has 1 heterocycles. The Balaban J connectivity index is 2.12. The number of aliphatic hydroxyl groups is 2. The molecule has 2 aliphatic carbocycles. The molecule has 1 aliphatic heterocycles. The van der Waals surface area contributed by atoms with Gasteiger partial charge in [-0.1, -0.05) is 26.5 Å². The van der Waals surface area contributed by atoms with Crippen LogP contribution in [0.5, 0.6) is 0 Å². The van der Waals surface area contributed by atoms with Gasteiger partial charge in [0.25, 0.3) is 0 Å². The monoisotopic (exact) mass is 262 g/mol. The Hall–Kier alpha value is -1.23. The van der Waals surface area contributed by atoms with Crippen LogP contribution in [-0.2, 0) is 9.53 Å². The van der Waals surface area contributed by atoms with Crippen molar-refractivity contribution in [1.82, 2.24) is 0 Å². The first-order valence-corrected chi connectivity index (χ1v) is 6.48. The van der Waals surface area contributed by atoms with Gasteiger partial charge in [0.1, 0.15) is 17.8 Å². The zero-order valence-corrected chi connectivity index (χ0v) is 11.1. The maximum absolute atomic E-state index is 11.9. The number of hydrogen-bond donors (Lipinski definition) is 2. The minimum atomic E-state index is -0.924. The lowest BCUT2D eigenvalue weighted by molar-refractivity contribution is -0.121. The van der Waals surface area contributed by atoms with E-state index in [2.05, 4.69) is 6.58 Å². The molecule has 3 aliphatic rings. The molecule has 1 saturated heterocycles. The van der Waals surface area contributed by atoms with Gasteiger partial charge < -0.3 is 14.9 Å². The number of epoxide rings is 1. The van der Waals surface area contributed by atoms with Crippen LogP contribution in [0.1, 0.15) is 13.8 Å². The molecular formula is C15H18O4. The third-order valence-electron chi connectivity index (χ3n) is 5.09. The third-order valence-corrected chi connectivity index (χ3v) is 5.09. The highest BCUT2D eigenvalue weighted by Crippen LogP contribution is 2.63. The molecule has 0 aromatic rings. The van der Waals surface area contributed by atoms with Crippen molar-refractivity contribution < 1.29 is 19.7 Å². The number of ether oxygens (including phenoxy) is 1. The van der Waals surface area contributed by atoms with Crippen molar-refractivity contribution in [3.63, 3.8) is 0 Å². The SMILES string of the molecule is C=C(CO)[C@@]12O[C@@H]1[C@@]1(C)C(=C[C@@H]2O)C=CC(=O)[C@@H]1C. The summed E-state index contributed by atoms with van der Waals surface area (Å²) in [6, 6.07) is 0. The Bertz CT molecular complexity index is 532. The number of aliphatic hydroxyl groups excluding tert-OH is 2. The van der Waals surface area contributed by atoms with E-state index < -0.39 is 17.1 Å². The van der Waals surface area contributed by atoms with Crippen molar-refractivity contribution in [1.29, 1.82) is 0 Å². The quantitative estimate of drug-likeness (QED) is 0.569. The van der Waals surface area contributed by atoms with Gasteiger partial charge in [0.15, 0.2) is 5.78 Å². The van der Waals surface area contributed by atoms with Crippen molar-refractivity contribution in [3.8, 4) is 0 Å². The van der Waals surface area contributed by atoms with Gasteiger partial charge in [0, 0.05) is 11.3 Å². The lowest BCUT2D eigenvalue weighted by atomic mass is 9.59. The summed E-state index contributed by atoms with van der Waals surface area (Å²) in [6.07, 6.45) is 3.91. The van der Waals surface area contributed by atoms with Crippen molar-refractivity contribution in [3.05, 3.63) is 36.0 Å². The van der Waals surface area contributed by atoms with Crippen molar-refractivity contribution in [2.45, 2.75) is 31.7 Å². The van der Waals surface area contributed by atoms with Gasteiger partial charge in [-0.2, -0.15) is 0 Å². The molecule has 3 rings (SSSR count). The predicted octanol–water partition coefficient (Wildman–Crippen LogP) is 0.755. The van der Waals surface area contributed by atoms with Gasteiger partial charge in [-0.25, -0.2) is 0 Å². The molecule has 0 amide bonds. The van der Waals surface area contributed by atoms with Crippen LogP contribution in [-0.4, -0.2) is 40.4 Å². The number of hydrogen-bond acceptors (Lipinski definition) is 4. The Morgan fingerprint density at radius 1 is 1.53 bits per heavy atom. The maximum atomic E-state index is 11.9. The Morgan fingerprint density at radius 2 is 2.21 bits per heavy atom. The highest BCUT2D eigenvalue weighted by Gasteiger charge is 2.73. The zero-order chi connectivity index (χ0) is 14.0. The van der Waals surface area contributed by atoms with Crippen LogP contribution in [0.25, 0.3) is 0 Å². The van der Waals surface area contributed by atoms with E-state index in [0.29, 0.717) is 5.57 Å². The second-order valence-electron chi connectivity index (χ2n) is 5.86. The standard InChI is InChI=1S/C15H18O4/c1-8(7-16)15-12(18)6-10-4-5-11(17)9(2)14(10,3)13(15)19-15/h4-6,9,12-13,16,18H,1,7H2,2-3H3/t9-,12-,13+,14+,15-/m0/s1. The van der Waals surface area contributed by atoms with Gasteiger partial charge >= 0.3 is 0 Å². The molecule has 5 atom stereocenters. The first-order chi connectivity index (χ1) is 8.88. The molecule has 0 saturated carbocycles. The van der Waals surface area contributed by atoms with Crippen LogP contribution in [0.3, 0.4) is 0 Å². The van der Waals surface area contributed by atoms with Crippen molar-refractivity contribution in [2.75, 3.05) is 6.61 Å². The fraction of sp³-hybridized carbons (Fsp3) is 0.533. The van der Waals surface area contributed by atoms with Gasteiger partial charge in [0.05, 0.1) is 6.61 Å². The lowest BCUT2D eigenvalue weighted by Gasteiger charge is -2.42. The number of rotatable bonds is 2. The second kappa shape index (κ2) is 3.66. The molecule has 0 aromatic carbocycles. The molecule has 4 nitrogen and oxygen atoms in total. The van der Waals surface area contributed by atoms with E-state index in [4.69, 9.17) is 4.74 Å². The van der Waals surface area contributed by atoms with Crippen LogP contribution in [0.4, 0.5) is 0 Å². The Morgan fingerprint density at radius 3 is 2.84 bits per heavy atom. The van der Waals surface area contributed by atoms with Crippen LogP contribution in [0.2, 0.25) is 0 Å². The van der Waals surface area contributed by atoms with E-state index in [1.807, 2.05) is 13.8 Å². The van der Waals surface area contributed by atoms with Crippen molar-refractivity contribution >= 4 is 5.78 Å². The van der Waals surface area contributed by atoms with Gasteiger partial charge in [-0.05, 0) is 23.3 Å². The lowest BCUT2D eigenvalue weighted by Crippen LogP contribution is -2.49. The molecular weight excluding hydrogens is 244 g/mol. The summed E-state index contributed by atoms with van der Waals surface area (Å²) < 4.78 is 5.77. The number of ketones is 1. The average molecular weight is 262 g/mol. The summed E-state index contributed by atoms with van der Waals surface area (Å²) in [6.45, 7) is 7.44. The first-order valence-electron chi connectivity index (χ1n) is 6.48. The molecule has 102 valence electrons. The van der Waals surface area contributed by atoms with Crippen LogP contribution >= 0.6 is 0 Å². The Kier molecular flexibility index (Phi) is 2.46. The van der Waals surface area contributed by atoms with Gasteiger partial charge in [-0.3, -0.25) is 4.79 Å². The van der Waals surface area contributed by atoms with Gasteiger partial charge in [-0.15, -0.1) is 0 Å². The summed E-state index contributed by atoms with van der Waals surface area (Å²) in [5.41, 5.74) is 0.00212. The normalized spacial score (nSPS) is 47.3. The van der Waals surface area contributed by atoms with E-state index in [-0.39, 0.29) is 24.4 Å². The minimum Gasteiger partial charge on any atom is -0.392 e. The molecule has 0 spiro atoms. The largest absolute Gasteiger partial charge is 0.392 e. The van der Waals surface area contributed by atoms with Crippen LogP contribution < -0.4 is 0 Å². The fourth-order valence-corrected chi connectivity index (χ4v) is 3.50. The van der Waals surface area contributed by atoms with E-state index in [1.54, 1.807) is 18.2 Å². The van der Waals surface area contributed by atoms with E-state index in [1.165, 1.54) is 0 Å². The highest BCUT2D eigenvalue weighted by atomic mass is 16.6. The number of allylic oxidation sites excluding steroid dienone is 2. The summed E-state index contributed by atoms with van der Waals surface area (Å²) in [5, 5.41) is 19.6. The summed E-state index contributed by atoms with van der Waals surface area (Å²) in [4.78, 5) is 11.9. The molecule has 19 heavy (non-hydrogen) atoms.